The van der Waals surface area contributed by atoms with Gasteiger partial charge in [-0.3, -0.25) is 9.36 Å². The molecule has 57 heavy (non-hydrogen) atoms. The van der Waals surface area contributed by atoms with E-state index in [1.807, 2.05) is 27.2 Å². The van der Waals surface area contributed by atoms with Crippen molar-refractivity contribution in [2.75, 3.05) is 40.9 Å². The van der Waals surface area contributed by atoms with E-state index < -0.39 is 26.6 Å². The van der Waals surface area contributed by atoms with Gasteiger partial charge in [0.2, 0.25) is 5.91 Å². The molecule has 8 nitrogen and oxygen atoms in total. The van der Waals surface area contributed by atoms with Gasteiger partial charge in [-0.1, -0.05) is 149 Å². The number of amides is 1. The first kappa shape index (κ1) is 54.2. The number of unbranched alkanes of at least 4 members (excludes halogenated alkanes) is 8. The number of rotatable bonds is 37. The summed E-state index contributed by atoms with van der Waals surface area (Å²) in [6.45, 7) is 4.32. The molecular weight excluding hydrogens is 732 g/mol. The van der Waals surface area contributed by atoms with Crippen molar-refractivity contribution in [1.82, 2.24) is 5.32 Å². The molecule has 0 spiro atoms. The Hall–Kier alpha value is -2.84. The molecule has 0 heterocycles. The third-order valence-electron chi connectivity index (χ3n) is 8.71. The first-order chi connectivity index (χ1) is 27.5. The van der Waals surface area contributed by atoms with Crippen LogP contribution in [0.1, 0.15) is 136 Å². The van der Waals surface area contributed by atoms with Gasteiger partial charge in [-0.25, -0.2) is 0 Å². The Balaban J connectivity index is 4.38. The minimum Gasteiger partial charge on any atom is -0.756 e. The molecule has 0 aromatic carbocycles. The van der Waals surface area contributed by atoms with Crippen molar-refractivity contribution in [1.29, 1.82) is 0 Å². The molecule has 0 aliphatic heterocycles. The molecule has 0 aliphatic carbocycles. The number of phosphoric acid groups is 1. The second-order valence-corrected chi connectivity index (χ2v) is 16.7. The van der Waals surface area contributed by atoms with Gasteiger partial charge in [-0.05, 0) is 89.9 Å². The zero-order valence-electron chi connectivity index (χ0n) is 36.5. The molecule has 3 atom stereocenters. The van der Waals surface area contributed by atoms with Gasteiger partial charge in [0.25, 0.3) is 7.82 Å². The zero-order chi connectivity index (χ0) is 42.1. The van der Waals surface area contributed by atoms with Gasteiger partial charge in [-0.15, -0.1) is 0 Å². The van der Waals surface area contributed by atoms with Crippen LogP contribution in [-0.4, -0.2) is 68.5 Å². The first-order valence-corrected chi connectivity index (χ1v) is 23.2. The zero-order valence-corrected chi connectivity index (χ0v) is 37.4. The molecule has 0 rings (SSSR count). The molecular formula is C48H81N2O6P. The Kier molecular flexibility index (Phi) is 36.7. The van der Waals surface area contributed by atoms with Gasteiger partial charge in [0.15, 0.2) is 0 Å². The van der Waals surface area contributed by atoms with Crippen LogP contribution in [0.2, 0.25) is 0 Å². The lowest BCUT2D eigenvalue weighted by molar-refractivity contribution is -0.870. The fraction of sp³-hybridized carbons (Fsp3) is 0.604. The lowest BCUT2D eigenvalue weighted by atomic mass is 10.1. The summed E-state index contributed by atoms with van der Waals surface area (Å²) in [4.78, 5) is 25.2. The summed E-state index contributed by atoms with van der Waals surface area (Å²) >= 11 is 0. The molecule has 0 saturated heterocycles. The summed E-state index contributed by atoms with van der Waals surface area (Å²) in [5, 5.41) is 13.7. The SMILES string of the molecule is CC/C=C\C/C=C\C/C=C\C/C=C\C/C=C\C/C=C\CCCCCCCCC(=O)NC(COP(=O)([O-])OCC[N+](C)(C)C)C(O)/C=C/CC/C=C/CC/C=C/CC. The van der Waals surface area contributed by atoms with Crippen molar-refractivity contribution in [2.45, 2.75) is 148 Å². The van der Waals surface area contributed by atoms with Crippen LogP contribution in [0.4, 0.5) is 0 Å². The first-order valence-electron chi connectivity index (χ1n) is 21.7. The highest BCUT2D eigenvalue weighted by molar-refractivity contribution is 7.45. The molecule has 324 valence electrons. The Morgan fingerprint density at radius 1 is 0.614 bits per heavy atom. The molecule has 0 saturated carbocycles. The average molecular weight is 813 g/mol. The standard InChI is InChI=1S/C48H81N2O6P/c1-6-8-10-12-14-16-18-19-20-21-22-23-24-25-26-27-28-29-30-31-32-34-36-38-40-42-48(52)49-46(45-56-57(53,54)55-44-43-50(3,4)5)47(51)41-39-37-35-33-17-15-13-11-9-7-2/h8-11,14,16-17,19-20,22-23,25-26,28-29,33,39,41,46-47,51H,6-7,12-13,15,18,21,24,27,30-32,34-38,40,42-45H2,1-5H3,(H-,49,52,53,54)/b10-8-,11-9+,16-14-,20-19-,23-22-,26-25-,29-28-,33-17+,41-39+. The topological polar surface area (TPSA) is 108 Å². The van der Waals surface area contributed by atoms with Gasteiger partial charge < -0.3 is 28.8 Å². The minimum atomic E-state index is -4.61. The average Bonchev–Trinajstić information content (AvgIpc) is 3.16. The number of phosphoric ester groups is 1. The third-order valence-corrected chi connectivity index (χ3v) is 9.67. The number of hydrogen-bond donors (Lipinski definition) is 2. The highest BCUT2D eigenvalue weighted by Gasteiger charge is 2.23. The molecule has 0 aromatic rings. The summed E-state index contributed by atoms with van der Waals surface area (Å²) in [5.74, 6) is -0.236. The van der Waals surface area contributed by atoms with Crippen molar-refractivity contribution >= 4 is 13.7 Å². The van der Waals surface area contributed by atoms with E-state index in [0.717, 1.165) is 116 Å². The predicted molar refractivity (Wildman–Crippen MR) is 242 cm³/mol. The Morgan fingerprint density at radius 3 is 1.56 bits per heavy atom. The largest absolute Gasteiger partial charge is 0.756 e. The molecule has 2 N–H and O–H groups in total. The second kappa shape index (κ2) is 38.7. The van der Waals surface area contributed by atoms with E-state index in [1.165, 1.54) is 0 Å². The summed E-state index contributed by atoms with van der Waals surface area (Å²) in [6, 6.07) is -0.923. The maximum absolute atomic E-state index is 12.8. The van der Waals surface area contributed by atoms with Crippen LogP contribution < -0.4 is 10.2 Å². The van der Waals surface area contributed by atoms with Gasteiger partial charge in [-0.2, -0.15) is 0 Å². The quantitative estimate of drug-likeness (QED) is 0.0280. The number of allylic oxidation sites excluding steroid dienone is 17. The van der Waals surface area contributed by atoms with Gasteiger partial charge in [0, 0.05) is 6.42 Å². The molecule has 9 heteroatoms. The number of quaternary nitrogens is 1. The van der Waals surface area contributed by atoms with Crippen LogP contribution in [-0.2, 0) is 18.4 Å². The summed E-state index contributed by atoms with van der Waals surface area (Å²) < 4.78 is 23.1. The van der Waals surface area contributed by atoms with Crippen molar-refractivity contribution in [3.05, 3.63) is 109 Å². The molecule has 1 amide bonds. The van der Waals surface area contributed by atoms with Crippen molar-refractivity contribution in [3.63, 3.8) is 0 Å². The third kappa shape index (κ3) is 41.1. The lowest BCUT2D eigenvalue weighted by Gasteiger charge is -2.29. The normalized spacial score (nSPS) is 15.4. The smallest absolute Gasteiger partial charge is 0.268 e. The number of carbonyl (C=O) groups is 1. The minimum absolute atomic E-state index is 0.0192. The molecule has 3 unspecified atom stereocenters. The Bertz CT molecular complexity index is 1290. The molecule has 0 aromatic heterocycles. The molecule has 0 radical (unpaired) electrons. The summed E-state index contributed by atoms with van der Waals surface area (Å²) in [6.07, 6.45) is 55.8. The van der Waals surface area contributed by atoms with Crippen LogP contribution in [0.3, 0.4) is 0 Å². The molecule has 0 fully saturated rings. The fourth-order valence-corrected chi connectivity index (χ4v) is 6.03. The van der Waals surface area contributed by atoms with E-state index in [4.69, 9.17) is 9.05 Å². The fourth-order valence-electron chi connectivity index (χ4n) is 5.31. The van der Waals surface area contributed by atoms with E-state index in [1.54, 1.807) is 6.08 Å². The summed E-state index contributed by atoms with van der Waals surface area (Å²) in [5.41, 5.74) is 0. The van der Waals surface area contributed by atoms with E-state index in [9.17, 15) is 19.4 Å². The second-order valence-electron chi connectivity index (χ2n) is 15.3. The highest BCUT2D eigenvalue weighted by Crippen LogP contribution is 2.38. The van der Waals surface area contributed by atoms with E-state index in [2.05, 4.69) is 116 Å². The van der Waals surface area contributed by atoms with Crippen LogP contribution >= 0.6 is 7.82 Å². The number of nitrogens with zero attached hydrogens (tertiary/aromatic N) is 1. The van der Waals surface area contributed by atoms with E-state index in [0.29, 0.717) is 17.4 Å². The predicted octanol–water partition coefficient (Wildman–Crippen LogP) is 11.5. The van der Waals surface area contributed by atoms with Crippen LogP contribution in [0.25, 0.3) is 0 Å². The van der Waals surface area contributed by atoms with Crippen molar-refractivity contribution in [3.8, 4) is 0 Å². The Labute approximate surface area is 349 Å². The maximum Gasteiger partial charge on any atom is 0.268 e. The highest BCUT2D eigenvalue weighted by atomic mass is 31.2. The number of carbonyl (C=O) groups excluding carboxylic acids is 1. The summed E-state index contributed by atoms with van der Waals surface area (Å²) in [7, 11) is 1.20. The van der Waals surface area contributed by atoms with Crippen LogP contribution in [0.5, 0.6) is 0 Å². The number of nitrogens with one attached hydrogen (secondary N) is 1. The number of likely N-dealkylation sites (N-methyl/N-ethyl adjacent to an activating group) is 1. The maximum atomic E-state index is 12.8. The van der Waals surface area contributed by atoms with E-state index in [-0.39, 0.29) is 12.5 Å². The van der Waals surface area contributed by atoms with Crippen molar-refractivity contribution < 1.29 is 32.9 Å². The number of aliphatic hydroxyl groups excluding tert-OH is 1. The molecule has 0 aliphatic rings. The van der Waals surface area contributed by atoms with Crippen molar-refractivity contribution in [2.24, 2.45) is 0 Å². The van der Waals surface area contributed by atoms with E-state index >= 15 is 0 Å². The number of hydrogen-bond acceptors (Lipinski definition) is 6. The van der Waals surface area contributed by atoms with Crippen LogP contribution in [0.15, 0.2) is 109 Å². The Morgan fingerprint density at radius 2 is 1.04 bits per heavy atom. The molecule has 0 bridgehead atoms. The monoisotopic (exact) mass is 813 g/mol. The number of aliphatic hydroxyl groups is 1. The van der Waals surface area contributed by atoms with Gasteiger partial charge in [0.05, 0.1) is 39.9 Å². The van der Waals surface area contributed by atoms with Crippen LogP contribution in [0, 0.1) is 0 Å². The lowest BCUT2D eigenvalue weighted by Crippen LogP contribution is -2.45. The van der Waals surface area contributed by atoms with Gasteiger partial charge in [0.1, 0.15) is 13.2 Å². The van der Waals surface area contributed by atoms with Gasteiger partial charge >= 0.3 is 0 Å².